The zero-order valence-electron chi connectivity index (χ0n) is 15.9. The van der Waals surface area contributed by atoms with Crippen LogP contribution in [0.3, 0.4) is 0 Å². The second-order valence-corrected chi connectivity index (χ2v) is 7.91. The molecule has 0 spiro atoms. The summed E-state index contributed by atoms with van der Waals surface area (Å²) >= 11 is 0. The molecule has 3 rings (SSSR count). The molecular weight excluding hydrogens is 310 g/mol. The molecule has 25 heavy (non-hydrogen) atoms. The van der Waals surface area contributed by atoms with Crippen molar-refractivity contribution in [1.29, 1.82) is 0 Å². The molecule has 0 aliphatic heterocycles. The van der Waals surface area contributed by atoms with E-state index in [0.717, 1.165) is 22.2 Å². The highest BCUT2D eigenvalue weighted by Gasteiger charge is 2.33. The molecule has 0 saturated carbocycles. The Kier molecular flexibility index (Phi) is 4.31. The molecule has 1 atom stereocenters. The third kappa shape index (κ3) is 3.01. The largest absolute Gasteiger partial charge is 0.505 e. The zero-order chi connectivity index (χ0) is 18.4. The number of aryl methyl sites for hydroxylation is 1. The highest BCUT2D eigenvalue weighted by molar-refractivity contribution is 5.73. The highest BCUT2D eigenvalue weighted by atomic mass is 16.3. The Labute approximate surface area is 149 Å². The topological polar surface area (TPSA) is 50.9 Å². The van der Waals surface area contributed by atoms with Crippen molar-refractivity contribution in [1.82, 2.24) is 15.0 Å². The van der Waals surface area contributed by atoms with Crippen molar-refractivity contribution in [3.05, 3.63) is 47.5 Å². The van der Waals surface area contributed by atoms with Gasteiger partial charge >= 0.3 is 0 Å². The van der Waals surface area contributed by atoms with Crippen LogP contribution in [0.2, 0.25) is 0 Å². The first-order chi connectivity index (χ1) is 11.7. The average molecular weight is 337 g/mol. The summed E-state index contributed by atoms with van der Waals surface area (Å²) in [7, 11) is 0. The third-order valence-electron chi connectivity index (χ3n) is 5.57. The van der Waals surface area contributed by atoms with E-state index in [4.69, 9.17) is 0 Å². The summed E-state index contributed by atoms with van der Waals surface area (Å²) in [6.07, 6.45) is 0. The number of hydrogen-bond acceptors (Lipinski definition) is 3. The highest BCUT2D eigenvalue weighted by Crippen LogP contribution is 2.42. The van der Waals surface area contributed by atoms with Gasteiger partial charge in [0.15, 0.2) is 0 Å². The van der Waals surface area contributed by atoms with Gasteiger partial charge in [-0.3, -0.25) is 0 Å². The predicted octanol–water partition coefficient (Wildman–Crippen LogP) is 5.00. The minimum absolute atomic E-state index is 0.161. The van der Waals surface area contributed by atoms with Gasteiger partial charge < -0.3 is 5.11 Å². The van der Waals surface area contributed by atoms with Gasteiger partial charge in [0.1, 0.15) is 22.5 Å². The molecule has 4 heteroatoms. The summed E-state index contributed by atoms with van der Waals surface area (Å²) in [5.41, 5.74) is 4.15. The van der Waals surface area contributed by atoms with Crippen LogP contribution in [0.5, 0.6) is 5.75 Å². The number of phenolic OH excluding ortho intramolecular Hbond substituents is 1. The van der Waals surface area contributed by atoms with Gasteiger partial charge in [-0.05, 0) is 47.9 Å². The number of fused-ring (bicyclic) bond motifs is 1. The Balaban J connectivity index is 2.18. The first-order valence-electron chi connectivity index (χ1n) is 8.88. The van der Waals surface area contributed by atoms with Gasteiger partial charge in [0.25, 0.3) is 0 Å². The van der Waals surface area contributed by atoms with E-state index in [1.807, 2.05) is 37.3 Å². The van der Waals surface area contributed by atoms with Crippen LogP contribution in [0.25, 0.3) is 16.7 Å². The fraction of sp³-hybridized carbons (Fsp3) is 0.429. The SMILES string of the molecule is Cc1cc(-n2nc3ccccc3n2)c(O)c(C(C)(C)C(C)C(C)C)c1. The van der Waals surface area contributed by atoms with Crippen LogP contribution < -0.4 is 0 Å². The fourth-order valence-corrected chi connectivity index (χ4v) is 3.45. The van der Waals surface area contributed by atoms with Crippen molar-refractivity contribution in [3.8, 4) is 11.4 Å². The van der Waals surface area contributed by atoms with Crippen molar-refractivity contribution in [2.45, 2.75) is 47.0 Å². The Morgan fingerprint density at radius 2 is 1.56 bits per heavy atom. The first kappa shape index (κ1) is 17.5. The summed E-state index contributed by atoms with van der Waals surface area (Å²) in [6, 6.07) is 11.8. The van der Waals surface area contributed by atoms with E-state index in [9.17, 15) is 5.11 Å². The monoisotopic (exact) mass is 337 g/mol. The molecule has 4 nitrogen and oxygen atoms in total. The number of aromatic hydroxyl groups is 1. The van der Waals surface area contributed by atoms with Crippen LogP contribution in [0, 0.1) is 18.8 Å². The second-order valence-electron chi connectivity index (χ2n) is 7.91. The van der Waals surface area contributed by atoms with Gasteiger partial charge in [0.2, 0.25) is 0 Å². The number of rotatable bonds is 4. The molecule has 0 bridgehead atoms. The summed E-state index contributed by atoms with van der Waals surface area (Å²) in [6.45, 7) is 13.1. The lowest BCUT2D eigenvalue weighted by Crippen LogP contribution is -2.30. The van der Waals surface area contributed by atoms with E-state index in [0.29, 0.717) is 17.5 Å². The minimum Gasteiger partial charge on any atom is -0.505 e. The Morgan fingerprint density at radius 1 is 1.00 bits per heavy atom. The molecule has 0 aliphatic carbocycles. The molecule has 0 amide bonds. The van der Waals surface area contributed by atoms with E-state index in [-0.39, 0.29) is 11.2 Å². The average Bonchev–Trinajstić information content (AvgIpc) is 2.99. The number of aromatic nitrogens is 3. The molecule has 132 valence electrons. The zero-order valence-corrected chi connectivity index (χ0v) is 15.9. The van der Waals surface area contributed by atoms with Crippen molar-refractivity contribution >= 4 is 11.0 Å². The molecular formula is C21H27N3O. The second kappa shape index (κ2) is 6.17. The normalized spacial score (nSPS) is 13.6. The molecule has 1 aromatic heterocycles. The van der Waals surface area contributed by atoms with E-state index in [1.54, 1.807) is 4.80 Å². The van der Waals surface area contributed by atoms with Gasteiger partial charge in [-0.25, -0.2) is 0 Å². The van der Waals surface area contributed by atoms with Crippen molar-refractivity contribution in [2.75, 3.05) is 0 Å². The summed E-state index contributed by atoms with van der Waals surface area (Å²) in [5.74, 6) is 1.20. The Morgan fingerprint density at radius 3 is 2.08 bits per heavy atom. The maximum Gasteiger partial charge on any atom is 0.146 e. The van der Waals surface area contributed by atoms with Crippen LogP contribution in [0.4, 0.5) is 0 Å². The maximum absolute atomic E-state index is 11.1. The molecule has 3 aromatic rings. The Hall–Kier alpha value is -2.36. The van der Waals surface area contributed by atoms with Crippen LogP contribution >= 0.6 is 0 Å². The molecule has 0 saturated heterocycles. The van der Waals surface area contributed by atoms with Gasteiger partial charge in [-0.2, -0.15) is 0 Å². The lowest BCUT2D eigenvalue weighted by atomic mass is 9.69. The van der Waals surface area contributed by atoms with Gasteiger partial charge in [0, 0.05) is 5.56 Å². The summed E-state index contributed by atoms with van der Waals surface area (Å²) in [4.78, 5) is 1.55. The third-order valence-corrected chi connectivity index (χ3v) is 5.57. The van der Waals surface area contributed by atoms with Gasteiger partial charge in [-0.1, -0.05) is 52.8 Å². The summed E-state index contributed by atoms with van der Waals surface area (Å²) in [5, 5.41) is 20.1. The van der Waals surface area contributed by atoms with E-state index in [2.05, 4.69) is 50.9 Å². The molecule has 0 radical (unpaired) electrons. The van der Waals surface area contributed by atoms with E-state index in [1.165, 1.54) is 0 Å². The van der Waals surface area contributed by atoms with Crippen LogP contribution in [-0.2, 0) is 5.41 Å². The predicted molar refractivity (Wildman–Crippen MR) is 102 cm³/mol. The van der Waals surface area contributed by atoms with Crippen molar-refractivity contribution in [2.24, 2.45) is 11.8 Å². The van der Waals surface area contributed by atoms with Crippen LogP contribution in [0.1, 0.15) is 45.7 Å². The number of phenols is 1. The fourth-order valence-electron chi connectivity index (χ4n) is 3.45. The van der Waals surface area contributed by atoms with E-state index >= 15 is 0 Å². The Bertz CT molecular complexity index is 876. The number of benzene rings is 2. The van der Waals surface area contributed by atoms with Crippen molar-refractivity contribution < 1.29 is 5.11 Å². The van der Waals surface area contributed by atoms with Gasteiger partial charge in [-0.15, -0.1) is 15.0 Å². The lowest BCUT2D eigenvalue weighted by Gasteiger charge is -2.36. The summed E-state index contributed by atoms with van der Waals surface area (Å²) < 4.78 is 0. The molecule has 1 N–H and O–H groups in total. The minimum atomic E-state index is -0.161. The number of nitrogens with zero attached hydrogens (tertiary/aromatic N) is 3. The maximum atomic E-state index is 11.1. The lowest BCUT2D eigenvalue weighted by molar-refractivity contribution is 0.257. The van der Waals surface area contributed by atoms with Gasteiger partial charge in [0.05, 0.1) is 0 Å². The molecule has 2 aromatic carbocycles. The molecule has 0 fully saturated rings. The van der Waals surface area contributed by atoms with Crippen LogP contribution in [0.15, 0.2) is 36.4 Å². The molecule has 1 unspecified atom stereocenters. The van der Waals surface area contributed by atoms with Crippen molar-refractivity contribution in [3.63, 3.8) is 0 Å². The smallest absolute Gasteiger partial charge is 0.146 e. The quantitative estimate of drug-likeness (QED) is 0.728. The molecule has 0 aliphatic rings. The number of hydrogen-bond donors (Lipinski definition) is 1. The molecule has 1 heterocycles. The van der Waals surface area contributed by atoms with Crippen LogP contribution in [-0.4, -0.2) is 20.1 Å². The standard InChI is InChI=1S/C21H27N3O/c1-13(2)15(4)21(5,6)16-11-14(3)12-19(20(16)25)24-22-17-9-7-8-10-18(17)23-24/h7-13,15,25H,1-6H3. The van der Waals surface area contributed by atoms with E-state index < -0.39 is 0 Å². The first-order valence-corrected chi connectivity index (χ1v) is 8.88.